The molecular weight excluding hydrogens is 209 g/mol. The van der Waals surface area contributed by atoms with Gasteiger partial charge in [-0.2, -0.15) is 4.98 Å². The Morgan fingerprint density at radius 1 is 1.50 bits per heavy atom. The van der Waals surface area contributed by atoms with Gasteiger partial charge in [-0.05, 0) is 18.6 Å². The molecule has 1 atom stereocenters. The summed E-state index contributed by atoms with van der Waals surface area (Å²) in [6.07, 6.45) is 0.918. The van der Waals surface area contributed by atoms with E-state index in [-0.39, 0.29) is 17.4 Å². The normalized spacial score (nSPS) is 20.9. The van der Waals surface area contributed by atoms with Crippen LogP contribution in [-0.2, 0) is 0 Å². The van der Waals surface area contributed by atoms with Crippen LogP contribution in [0.3, 0.4) is 0 Å². The molecule has 1 unspecified atom stereocenters. The lowest BCUT2D eigenvalue weighted by atomic mass is 10.3. The lowest BCUT2D eigenvalue weighted by Gasteiger charge is -2.11. The highest BCUT2D eigenvalue weighted by atomic mass is 19.1. The van der Waals surface area contributed by atoms with Gasteiger partial charge in [-0.1, -0.05) is 6.07 Å². The van der Waals surface area contributed by atoms with Gasteiger partial charge in [-0.3, -0.25) is 0 Å². The van der Waals surface area contributed by atoms with Crippen molar-refractivity contribution in [1.29, 1.82) is 0 Å². The third kappa shape index (κ3) is 1.44. The van der Waals surface area contributed by atoms with Crippen molar-refractivity contribution in [1.82, 2.24) is 4.98 Å². The highest BCUT2D eigenvalue weighted by molar-refractivity contribution is 5.75. The molecule has 2 aromatic rings. The summed E-state index contributed by atoms with van der Waals surface area (Å²) in [6, 6.07) is 5.32. The first-order valence-corrected chi connectivity index (χ1v) is 5.29. The number of para-hydroxylation sites is 1. The first-order chi connectivity index (χ1) is 7.74. The van der Waals surface area contributed by atoms with E-state index < -0.39 is 0 Å². The number of rotatable bonds is 1. The number of hydrogen-bond acceptors (Lipinski definition) is 4. The minimum Gasteiger partial charge on any atom is -0.423 e. The average Bonchev–Trinajstić information content (AvgIpc) is 2.84. The van der Waals surface area contributed by atoms with Crippen LogP contribution < -0.4 is 10.6 Å². The molecule has 0 radical (unpaired) electrons. The molecule has 1 aliphatic rings. The summed E-state index contributed by atoms with van der Waals surface area (Å²) >= 11 is 0. The minimum absolute atomic E-state index is 0.153. The molecule has 0 bridgehead atoms. The van der Waals surface area contributed by atoms with Gasteiger partial charge in [0.25, 0.3) is 6.01 Å². The summed E-state index contributed by atoms with van der Waals surface area (Å²) < 4.78 is 18.9. The number of hydrogen-bond donors (Lipinski definition) is 1. The van der Waals surface area contributed by atoms with Crippen molar-refractivity contribution in [2.45, 2.75) is 12.5 Å². The molecule has 0 aliphatic carbocycles. The van der Waals surface area contributed by atoms with Gasteiger partial charge in [0.05, 0.1) is 0 Å². The molecule has 84 valence electrons. The maximum atomic E-state index is 13.4. The molecule has 1 fully saturated rings. The zero-order chi connectivity index (χ0) is 11.1. The molecule has 3 rings (SSSR count). The molecule has 1 aromatic carbocycles. The standard InChI is InChI=1S/C11H12FN3O/c12-8-2-1-3-9-10(8)14-11(16-9)15-5-4-7(13)6-15/h1-3,7H,4-6,13H2. The lowest BCUT2D eigenvalue weighted by Crippen LogP contribution is -2.26. The summed E-state index contributed by atoms with van der Waals surface area (Å²) in [7, 11) is 0. The van der Waals surface area contributed by atoms with Crippen molar-refractivity contribution in [2.24, 2.45) is 5.73 Å². The monoisotopic (exact) mass is 221 g/mol. The number of nitrogens with zero attached hydrogens (tertiary/aromatic N) is 2. The Morgan fingerprint density at radius 3 is 3.06 bits per heavy atom. The Hall–Kier alpha value is -1.62. The van der Waals surface area contributed by atoms with Crippen LogP contribution in [0.4, 0.5) is 10.4 Å². The van der Waals surface area contributed by atoms with Gasteiger partial charge in [-0.15, -0.1) is 0 Å². The number of benzene rings is 1. The first kappa shape index (κ1) is 9.59. The molecule has 0 saturated carbocycles. The average molecular weight is 221 g/mol. The molecule has 2 N–H and O–H groups in total. The Kier molecular flexibility index (Phi) is 2.07. The Labute approximate surface area is 91.8 Å². The van der Waals surface area contributed by atoms with Crippen LogP contribution in [0.15, 0.2) is 22.6 Å². The van der Waals surface area contributed by atoms with E-state index in [1.807, 2.05) is 4.90 Å². The van der Waals surface area contributed by atoms with Crippen LogP contribution in [0.2, 0.25) is 0 Å². The van der Waals surface area contributed by atoms with Crippen LogP contribution in [0.25, 0.3) is 11.1 Å². The fourth-order valence-corrected chi connectivity index (χ4v) is 2.00. The second kappa shape index (κ2) is 3.45. The molecule has 1 aliphatic heterocycles. The molecule has 2 heterocycles. The smallest absolute Gasteiger partial charge is 0.298 e. The van der Waals surface area contributed by atoms with Crippen LogP contribution in [0, 0.1) is 5.82 Å². The van der Waals surface area contributed by atoms with Crippen molar-refractivity contribution in [3.8, 4) is 0 Å². The molecule has 0 amide bonds. The van der Waals surface area contributed by atoms with E-state index in [0.29, 0.717) is 18.1 Å². The van der Waals surface area contributed by atoms with Gasteiger partial charge in [0.15, 0.2) is 11.4 Å². The van der Waals surface area contributed by atoms with E-state index in [1.54, 1.807) is 12.1 Å². The Morgan fingerprint density at radius 2 is 2.38 bits per heavy atom. The van der Waals surface area contributed by atoms with Crippen molar-refractivity contribution >= 4 is 17.1 Å². The van der Waals surface area contributed by atoms with Gasteiger partial charge < -0.3 is 15.1 Å². The molecule has 5 heteroatoms. The van der Waals surface area contributed by atoms with Crippen LogP contribution in [0.1, 0.15) is 6.42 Å². The largest absolute Gasteiger partial charge is 0.423 e. The zero-order valence-electron chi connectivity index (χ0n) is 8.69. The van der Waals surface area contributed by atoms with Gasteiger partial charge >= 0.3 is 0 Å². The summed E-state index contributed by atoms with van der Waals surface area (Å²) in [5.74, 6) is -0.351. The van der Waals surface area contributed by atoms with Gasteiger partial charge in [0.1, 0.15) is 5.52 Å². The summed E-state index contributed by atoms with van der Waals surface area (Å²) in [6.45, 7) is 1.53. The summed E-state index contributed by atoms with van der Waals surface area (Å²) in [5.41, 5.74) is 6.57. The fourth-order valence-electron chi connectivity index (χ4n) is 2.00. The fraction of sp³-hybridized carbons (Fsp3) is 0.364. The maximum absolute atomic E-state index is 13.4. The van der Waals surface area contributed by atoms with E-state index in [2.05, 4.69) is 4.98 Å². The Bertz CT molecular complexity index is 525. The van der Waals surface area contributed by atoms with Crippen LogP contribution in [0.5, 0.6) is 0 Å². The minimum atomic E-state index is -0.351. The summed E-state index contributed by atoms with van der Waals surface area (Å²) in [5, 5.41) is 0. The molecule has 4 nitrogen and oxygen atoms in total. The summed E-state index contributed by atoms with van der Waals surface area (Å²) in [4.78, 5) is 6.11. The van der Waals surface area contributed by atoms with E-state index in [1.165, 1.54) is 6.07 Å². The molecule has 1 aromatic heterocycles. The number of fused-ring (bicyclic) bond motifs is 1. The Balaban J connectivity index is 2.02. The molecular formula is C11H12FN3O. The SMILES string of the molecule is NC1CCN(c2nc3c(F)cccc3o2)C1. The van der Waals surface area contributed by atoms with Gasteiger partial charge in [0.2, 0.25) is 0 Å². The number of anilines is 1. The predicted octanol–water partition coefficient (Wildman–Crippen LogP) is 1.50. The second-order valence-corrected chi connectivity index (χ2v) is 4.08. The van der Waals surface area contributed by atoms with Crippen LogP contribution in [-0.4, -0.2) is 24.1 Å². The zero-order valence-corrected chi connectivity index (χ0v) is 8.69. The number of aromatic nitrogens is 1. The van der Waals surface area contributed by atoms with Crippen molar-refractivity contribution in [3.63, 3.8) is 0 Å². The van der Waals surface area contributed by atoms with Gasteiger partial charge in [-0.25, -0.2) is 4.39 Å². The number of nitrogens with two attached hydrogens (primary N) is 1. The van der Waals surface area contributed by atoms with Crippen molar-refractivity contribution in [3.05, 3.63) is 24.0 Å². The first-order valence-electron chi connectivity index (χ1n) is 5.29. The van der Waals surface area contributed by atoms with Crippen molar-refractivity contribution < 1.29 is 8.81 Å². The quantitative estimate of drug-likeness (QED) is 0.793. The van der Waals surface area contributed by atoms with Gasteiger partial charge in [0, 0.05) is 19.1 Å². The highest BCUT2D eigenvalue weighted by Gasteiger charge is 2.23. The highest BCUT2D eigenvalue weighted by Crippen LogP contribution is 2.25. The molecule has 1 saturated heterocycles. The predicted molar refractivity (Wildman–Crippen MR) is 58.8 cm³/mol. The third-order valence-electron chi connectivity index (χ3n) is 2.85. The molecule has 0 spiro atoms. The van der Waals surface area contributed by atoms with Crippen molar-refractivity contribution in [2.75, 3.05) is 18.0 Å². The van der Waals surface area contributed by atoms with E-state index in [4.69, 9.17) is 10.2 Å². The molecule has 16 heavy (non-hydrogen) atoms. The second-order valence-electron chi connectivity index (χ2n) is 4.08. The van der Waals surface area contributed by atoms with E-state index in [9.17, 15) is 4.39 Å². The van der Waals surface area contributed by atoms with Crippen LogP contribution >= 0.6 is 0 Å². The number of oxazole rings is 1. The lowest BCUT2D eigenvalue weighted by molar-refractivity contribution is 0.583. The number of halogens is 1. The topological polar surface area (TPSA) is 55.3 Å². The van der Waals surface area contributed by atoms with E-state index in [0.717, 1.165) is 13.0 Å². The van der Waals surface area contributed by atoms with E-state index >= 15 is 0 Å². The third-order valence-corrected chi connectivity index (χ3v) is 2.85. The maximum Gasteiger partial charge on any atom is 0.298 e.